The zero-order valence-corrected chi connectivity index (χ0v) is 16.5. The van der Waals surface area contributed by atoms with Crippen molar-refractivity contribution >= 4 is 39.0 Å². The van der Waals surface area contributed by atoms with Crippen molar-refractivity contribution in [3.8, 4) is 5.75 Å². The molecule has 0 saturated heterocycles. The van der Waals surface area contributed by atoms with Gasteiger partial charge in [0.15, 0.2) is 0 Å². The number of aliphatic hydroxyl groups is 1. The maximum absolute atomic E-state index is 13.9. The third kappa shape index (κ3) is 3.88. The third-order valence-corrected chi connectivity index (χ3v) is 6.25. The first-order valence-corrected chi connectivity index (χ1v) is 10.1. The van der Waals surface area contributed by atoms with E-state index in [1.807, 2.05) is 0 Å². The van der Waals surface area contributed by atoms with Crippen molar-refractivity contribution in [1.82, 2.24) is 9.97 Å². The van der Waals surface area contributed by atoms with Gasteiger partial charge in [-0.3, -0.25) is 0 Å². The van der Waals surface area contributed by atoms with Crippen LogP contribution in [-0.2, 0) is 0 Å². The summed E-state index contributed by atoms with van der Waals surface area (Å²) in [6.07, 6.45) is 3.58. The van der Waals surface area contributed by atoms with E-state index < -0.39 is 24.0 Å². The Bertz CT molecular complexity index is 1070. The van der Waals surface area contributed by atoms with Crippen molar-refractivity contribution in [3.05, 3.63) is 40.8 Å². The van der Waals surface area contributed by atoms with E-state index in [4.69, 9.17) is 4.74 Å². The molecular weight excluding hydrogens is 397 g/mol. The molecule has 0 bridgehead atoms. The molecule has 7 nitrogen and oxygen atoms in total. The van der Waals surface area contributed by atoms with Crippen LogP contribution in [0.4, 0.5) is 15.9 Å². The lowest BCUT2D eigenvalue weighted by Crippen LogP contribution is -2.34. The van der Waals surface area contributed by atoms with Gasteiger partial charge >= 0.3 is 5.97 Å². The molecule has 29 heavy (non-hydrogen) atoms. The van der Waals surface area contributed by atoms with Gasteiger partial charge in [-0.05, 0) is 43.9 Å². The fourth-order valence-corrected chi connectivity index (χ4v) is 4.56. The van der Waals surface area contributed by atoms with E-state index in [9.17, 15) is 19.4 Å². The van der Waals surface area contributed by atoms with Gasteiger partial charge in [0.1, 0.15) is 39.5 Å². The number of nitrogens with zero attached hydrogens (tertiary/aromatic N) is 2. The Kier molecular flexibility index (Phi) is 5.33. The average Bonchev–Trinajstić information content (AvgIpc) is 3.04. The summed E-state index contributed by atoms with van der Waals surface area (Å²) >= 11 is 1.08. The number of carboxylic acids is 1. The Labute approximate surface area is 170 Å². The highest BCUT2D eigenvalue weighted by molar-refractivity contribution is 7.20. The summed E-state index contributed by atoms with van der Waals surface area (Å²) < 4.78 is 19.8. The highest BCUT2D eigenvalue weighted by Gasteiger charge is 2.26. The largest absolute Gasteiger partial charge is 0.485 e. The topological polar surface area (TPSA) is 105 Å². The number of aryl methyl sites for hydroxylation is 1. The van der Waals surface area contributed by atoms with E-state index in [0.29, 0.717) is 40.1 Å². The monoisotopic (exact) mass is 417 g/mol. The van der Waals surface area contributed by atoms with E-state index in [0.717, 1.165) is 24.2 Å². The first-order valence-electron chi connectivity index (χ1n) is 9.32. The van der Waals surface area contributed by atoms with E-state index >= 15 is 0 Å². The van der Waals surface area contributed by atoms with Gasteiger partial charge in [0.2, 0.25) is 0 Å². The SMILES string of the molecule is Cc1c(C(=O)O)sc2ncnc(Nc3ccc(F)cc3O[C@@H]3CCCC[C@H]3O)c12. The molecule has 152 valence electrons. The lowest BCUT2D eigenvalue weighted by molar-refractivity contribution is 0.00712. The van der Waals surface area contributed by atoms with Crippen LogP contribution in [0.3, 0.4) is 0 Å². The Hall–Kier alpha value is -2.78. The molecule has 2 atom stereocenters. The van der Waals surface area contributed by atoms with Crippen LogP contribution in [0.2, 0.25) is 0 Å². The molecule has 2 aromatic heterocycles. The number of ether oxygens (including phenoxy) is 1. The summed E-state index contributed by atoms with van der Waals surface area (Å²) in [6, 6.07) is 4.10. The minimum Gasteiger partial charge on any atom is -0.485 e. The molecule has 0 unspecified atom stereocenters. The molecule has 1 aliphatic rings. The van der Waals surface area contributed by atoms with Crippen molar-refractivity contribution in [3.63, 3.8) is 0 Å². The van der Waals surface area contributed by atoms with Gasteiger partial charge in [0.05, 0.1) is 17.2 Å². The zero-order chi connectivity index (χ0) is 20.5. The Morgan fingerprint density at radius 2 is 2.10 bits per heavy atom. The van der Waals surface area contributed by atoms with Gasteiger partial charge in [0, 0.05) is 6.07 Å². The Balaban J connectivity index is 1.70. The number of aliphatic hydroxyl groups excluding tert-OH is 1. The maximum atomic E-state index is 13.9. The molecule has 0 amide bonds. The Morgan fingerprint density at radius 1 is 1.31 bits per heavy atom. The number of carboxylic acid groups (broad SMARTS) is 1. The predicted molar refractivity (Wildman–Crippen MR) is 108 cm³/mol. The van der Waals surface area contributed by atoms with Gasteiger partial charge in [0.25, 0.3) is 0 Å². The minimum atomic E-state index is -1.02. The molecular formula is C20H20FN3O4S. The third-order valence-electron chi connectivity index (χ3n) is 5.06. The molecule has 3 N–H and O–H groups in total. The second-order valence-electron chi connectivity index (χ2n) is 7.04. The van der Waals surface area contributed by atoms with Crippen molar-refractivity contribution < 1.29 is 24.1 Å². The van der Waals surface area contributed by atoms with Crippen LogP contribution in [0.15, 0.2) is 24.5 Å². The summed E-state index contributed by atoms with van der Waals surface area (Å²) in [7, 11) is 0. The molecule has 3 aromatic rings. The molecule has 0 radical (unpaired) electrons. The number of carbonyl (C=O) groups is 1. The molecule has 4 rings (SSSR count). The molecule has 9 heteroatoms. The minimum absolute atomic E-state index is 0.199. The quantitative estimate of drug-likeness (QED) is 0.570. The summed E-state index contributed by atoms with van der Waals surface area (Å²) in [5.41, 5.74) is 1.04. The van der Waals surface area contributed by atoms with Crippen molar-refractivity contribution in [2.24, 2.45) is 0 Å². The second kappa shape index (κ2) is 7.92. The smallest absolute Gasteiger partial charge is 0.346 e. The molecule has 1 aromatic carbocycles. The lowest BCUT2D eigenvalue weighted by atomic mass is 9.95. The highest BCUT2D eigenvalue weighted by Crippen LogP contribution is 2.37. The maximum Gasteiger partial charge on any atom is 0.346 e. The summed E-state index contributed by atoms with van der Waals surface area (Å²) in [5, 5.41) is 23.3. The molecule has 1 fully saturated rings. The number of thiophene rings is 1. The summed E-state index contributed by atoms with van der Waals surface area (Å²) in [6.45, 7) is 1.71. The standard InChI is InChI=1S/C20H20FN3O4S/c1-10-16-18(22-9-23-19(16)29-17(10)20(26)27)24-12-7-6-11(21)8-15(12)28-14-5-3-2-4-13(14)25/h6-9,13-14,25H,2-5H2,1H3,(H,26,27)(H,22,23,24)/t13-,14-/m1/s1. The van der Waals surface area contributed by atoms with Crippen molar-refractivity contribution in [1.29, 1.82) is 0 Å². The van der Waals surface area contributed by atoms with E-state index in [2.05, 4.69) is 15.3 Å². The zero-order valence-electron chi connectivity index (χ0n) is 15.7. The molecule has 0 aliphatic heterocycles. The number of rotatable bonds is 5. The summed E-state index contributed by atoms with van der Waals surface area (Å²) in [4.78, 5) is 20.6. The van der Waals surface area contributed by atoms with Gasteiger partial charge in [-0.2, -0.15) is 0 Å². The highest BCUT2D eigenvalue weighted by atomic mass is 32.1. The number of benzene rings is 1. The molecule has 2 heterocycles. The molecule has 1 aliphatic carbocycles. The molecule has 1 saturated carbocycles. The fourth-order valence-electron chi connectivity index (χ4n) is 3.57. The first-order chi connectivity index (χ1) is 13.9. The number of nitrogens with one attached hydrogen (secondary N) is 1. The van der Waals surface area contributed by atoms with Gasteiger partial charge in [-0.15, -0.1) is 11.3 Å². The van der Waals surface area contributed by atoms with Gasteiger partial charge < -0.3 is 20.3 Å². The second-order valence-corrected chi connectivity index (χ2v) is 8.04. The number of aromatic nitrogens is 2. The summed E-state index contributed by atoms with van der Waals surface area (Å²) in [5.74, 6) is -0.789. The number of fused-ring (bicyclic) bond motifs is 1. The van der Waals surface area contributed by atoms with Gasteiger partial charge in [-0.1, -0.05) is 6.42 Å². The predicted octanol–water partition coefficient (Wildman–Crippen LogP) is 4.26. The fraction of sp³-hybridized carbons (Fsp3) is 0.350. The van der Waals surface area contributed by atoms with E-state index in [1.54, 1.807) is 6.92 Å². The van der Waals surface area contributed by atoms with Crippen LogP contribution in [0, 0.1) is 12.7 Å². The van der Waals surface area contributed by atoms with Crippen LogP contribution in [0.25, 0.3) is 10.2 Å². The number of hydrogen-bond donors (Lipinski definition) is 3. The van der Waals surface area contributed by atoms with Gasteiger partial charge in [-0.25, -0.2) is 19.2 Å². The number of halogens is 1. The lowest BCUT2D eigenvalue weighted by Gasteiger charge is -2.29. The Morgan fingerprint density at radius 3 is 2.86 bits per heavy atom. The van der Waals surface area contributed by atoms with Crippen molar-refractivity contribution in [2.75, 3.05) is 5.32 Å². The number of anilines is 2. The normalized spacial score (nSPS) is 19.3. The van der Waals surface area contributed by atoms with Crippen LogP contribution in [0.5, 0.6) is 5.75 Å². The molecule has 0 spiro atoms. The van der Waals surface area contributed by atoms with Crippen LogP contribution < -0.4 is 10.1 Å². The first kappa shape index (κ1) is 19.5. The number of aromatic carboxylic acids is 1. The van der Waals surface area contributed by atoms with E-state index in [-0.39, 0.29) is 10.6 Å². The van der Waals surface area contributed by atoms with Crippen molar-refractivity contribution in [2.45, 2.75) is 44.8 Å². The van der Waals surface area contributed by atoms with Crippen LogP contribution >= 0.6 is 11.3 Å². The average molecular weight is 417 g/mol. The number of hydrogen-bond acceptors (Lipinski definition) is 7. The van der Waals surface area contributed by atoms with E-state index in [1.165, 1.54) is 24.5 Å². The van der Waals surface area contributed by atoms with Crippen LogP contribution in [-0.4, -0.2) is 38.4 Å². The van der Waals surface area contributed by atoms with Crippen LogP contribution in [0.1, 0.15) is 40.9 Å².